The van der Waals surface area contributed by atoms with Gasteiger partial charge in [-0.2, -0.15) is 0 Å². The number of nitrogens with one attached hydrogen (secondary N) is 2. The van der Waals surface area contributed by atoms with Crippen LogP contribution in [-0.2, 0) is 6.54 Å². The smallest absolute Gasteiger partial charge is 0.203 e. The second kappa shape index (κ2) is 5.93. The first kappa shape index (κ1) is 13.0. The third kappa shape index (κ3) is 2.68. The largest absolute Gasteiger partial charge is 0.493 e. The zero-order chi connectivity index (χ0) is 13.0. The van der Waals surface area contributed by atoms with E-state index >= 15 is 0 Å². The summed E-state index contributed by atoms with van der Waals surface area (Å²) in [6.45, 7) is 2.86. The van der Waals surface area contributed by atoms with Gasteiger partial charge in [0.1, 0.15) is 0 Å². The minimum absolute atomic E-state index is 0.559. The van der Waals surface area contributed by atoms with E-state index in [0.717, 1.165) is 25.2 Å². The fourth-order valence-electron chi connectivity index (χ4n) is 1.93. The molecule has 1 saturated heterocycles. The first-order valence-corrected chi connectivity index (χ1v) is 6.01. The van der Waals surface area contributed by atoms with Crippen molar-refractivity contribution in [2.75, 3.05) is 34.4 Å². The van der Waals surface area contributed by atoms with Crippen molar-refractivity contribution in [2.24, 2.45) is 0 Å². The van der Waals surface area contributed by atoms with Crippen LogP contribution in [0.15, 0.2) is 12.1 Å². The normalized spacial score (nSPS) is 15.1. The zero-order valence-electron chi connectivity index (χ0n) is 11.1. The first-order valence-electron chi connectivity index (χ1n) is 6.01. The van der Waals surface area contributed by atoms with Crippen molar-refractivity contribution >= 4 is 0 Å². The van der Waals surface area contributed by atoms with E-state index in [4.69, 9.17) is 14.2 Å². The fraction of sp³-hybridized carbons (Fsp3) is 0.538. The molecule has 1 fully saturated rings. The lowest BCUT2D eigenvalue weighted by molar-refractivity contribution is 0.322. The SMILES string of the molecule is COc1cc(CNC2CNC2)cc(OC)c1OC. The summed E-state index contributed by atoms with van der Waals surface area (Å²) in [6, 6.07) is 4.50. The highest BCUT2D eigenvalue weighted by atomic mass is 16.5. The summed E-state index contributed by atoms with van der Waals surface area (Å²) in [5, 5.41) is 6.69. The van der Waals surface area contributed by atoms with Crippen LogP contribution in [0.2, 0.25) is 0 Å². The maximum Gasteiger partial charge on any atom is 0.203 e. The van der Waals surface area contributed by atoms with Gasteiger partial charge in [-0.3, -0.25) is 0 Å². The number of hydrogen-bond donors (Lipinski definition) is 2. The molecular weight excluding hydrogens is 232 g/mol. The van der Waals surface area contributed by atoms with Crippen molar-refractivity contribution in [1.82, 2.24) is 10.6 Å². The van der Waals surface area contributed by atoms with Gasteiger partial charge in [0, 0.05) is 25.7 Å². The van der Waals surface area contributed by atoms with Gasteiger partial charge in [0.15, 0.2) is 11.5 Å². The third-order valence-corrected chi connectivity index (χ3v) is 3.10. The predicted molar refractivity (Wildman–Crippen MR) is 69.6 cm³/mol. The van der Waals surface area contributed by atoms with Crippen LogP contribution in [-0.4, -0.2) is 40.5 Å². The summed E-state index contributed by atoms with van der Waals surface area (Å²) in [5.74, 6) is 2.02. The fourth-order valence-corrected chi connectivity index (χ4v) is 1.93. The summed E-state index contributed by atoms with van der Waals surface area (Å²) in [7, 11) is 4.87. The van der Waals surface area contributed by atoms with Crippen molar-refractivity contribution < 1.29 is 14.2 Å². The van der Waals surface area contributed by atoms with Crippen LogP contribution >= 0.6 is 0 Å². The summed E-state index contributed by atoms with van der Waals surface area (Å²) in [6.07, 6.45) is 0. The van der Waals surface area contributed by atoms with Gasteiger partial charge in [0.05, 0.1) is 21.3 Å². The summed E-state index contributed by atoms with van der Waals surface area (Å²) in [5.41, 5.74) is 1.12. The van der Waals surface area contributed by atoms with Crippen molar-refractivity contribution in [3.05, 3.63) is 17.7 Å². The second-order valence-electron chi connectivity index (χ2n) is 4.27. The lowest BCUT2D eigenvalue weighted by Crippen LogP contribution is -2.54. The molecule has 0 spiro atoms. The number of ether oxygens (including phenoxy) is 3. The Hall–Kier alpha value is -1.46. The molecule has 1 heterocycles. The molecule has 0 atom stereocenters. The van der Waals surface area contributed by atoms with Gasteiger partial charge >= 0.3 is 0 Å². The Morgan fingerprint density at radius 3 is 2.11 bits per heavy atom. The second-order valence-corrected chi connectivity index (χ2v) is 4.27. The van der Waals surface area contributed by atoms with E-state index in [1.54, 1.807) is 21.3 Å². The van der Waals surface area contributed by atoms with Crippen LogP contribution in [0, 0.1) is 0 Å². The van der Waals surface area contributed by atoms with Gasteiger partial charge < -0.3 is 24.8 Å². The molecule has 2 rings (SSSR count). The van der Waals surface area contributed by atoms with E-state index in [1.807, 2.05) is 12.1 Å². The van der Waals surface area contributed by atoms with Crippen LogP contribution in [0.3, 0.4) is 0 Å². The van der Waals surface area contributed by atoms with Gasteiger partial charge in [-0.25, -0.2) is 0 Å². The van der Waals surface area contributed by atoms with Crippen LogP contribution in [0.25, 0.3) is 0 Å². The molecule has 1 aromatic rings. The van der Waals surface area contributed by atoms with Gasteiger partial charge in [-0.1, -0.05) is 0 Å². The van der Waals surface area contributed by atoms with Gasteiger partial charge in [-0.15, -0.1) is 0 Å². The quantitative estimate of drug-likeness (QED) is 0.783. The summed E-state index contributed by atoms with van der Waals surface area (Å²) in [4.78, 5) is 0. The molecule has 0 radical (unpaired) electrons. The molecule has 5 nitrogen and oxygen atoms in total. The topological polar surface area (TPSA) is 51.8 Å². The molecule has 0 aromatic heterocycles. The maximum atomic E-state index is 5.32. The lowest BCUT2D eigenvalue weighted by atomic mass is 10.1. The number of methoxy groups -OCH3 is 3. The molecule has 0 amide bonds. The van der Waals surface area contributed by atoms with Crippen LogP contribution in [0.1, 0.15) is 5.56 Å². The van der Waals surface area contributed by atoms with Crippen molar-refractivity contribution in [3.8, 4) is 17.2 Å². The van der Waals surface area contributed by atoms with E-state index in [1.165, 1.54) is 0 Å². The van der Waals surface area contributed by atoms with Crippen molar-refractivity contribution in [3.63, 3.8) is 0 Å². The highest BCUT2D eigenvalue weighted by Crippen LogP contribution is 2.38. The Bertz CT molecular complexity index is 380. The Kier molecular flexibility index (Phi) is 4.28. The number of benzene rings is 1. The molecule has 1 aromatic carbocycles. The molecule has 100 valence electrons. The molecule has 1 aliphatic heterocycles. The average Bonchev–Trinajstić information content (AvgIpc) is 2.35. The number of rotatable bonds is 6. The van der Waals surface area contributed by atoms with Gasteiger partial charge in [0.2, 0.25) is 5.75 Å². The van der Waals surface area contributed by atoms with Crippen molar-refractivity contribution in [1.29, 1.82) is 0 Å². The molecule has 2 N–H and O–H groups in total. The van der Waals surface area contributed by atoms with Crippen LogP contribution in [0.4, 0.5) is 0 Å². The van der Waals surface area contributed by atoms with E-state index in [-0.39, 0.29) is 0 Å². The zero-order valence-corrected chi connectivity index (χ0v) is 11.1. The first-order chi connectivity index (χ1) is 8.78. The van der Waals surface area contributed by atoms with E-state index in [0.29, 0.717) is 23.3 Å². The lowest BCUT2D eigenvalue weighted by Gasteiger charge is -2.28. The Balaban J connectivity index is 2.13. The Labute approximate surface area is 107 Å². The number of hydrogen-bond acceptors (Lipinski definition) is 5. The van der Waals surface area contributed by atoms with Gasteiger partial charge in [0.25, 0.3) is 0 Å². The predicted octanol–water partition coefficient (Wildman–Crippen LogP) is 0.774. The molecule has 18 heavy (non-hydrogen) atoms. The van der Waals surface area contributed by atoms with Gasteiger partial charge in [-0.05, 0) is 17.7 Å². The van der Waals surface area contributed by atoms with Crippen LogP contribution in [0.5, 0.6) is 17.2 Å². The molecule has 1 aliphatic rings. The molecule has 5 heteroatoms. The minimum Gasteiger partial charge on any atom is -0.493 e. The van der Waals surface area contributed by atoms with E-state index in [9.17, 15) is 0 Å². The summed E-state index contributed by atoms with van der Waals surface area (Å²) >= 11 is 0. The standard InChI is InChI=1S/C13H20N2O3/c1-16-11-4-9(6-15-10-7-14-8-10)5-12(17-2)13(11)18-3/h4-5,10,14-15H,6-8H2,1-3H3. The average molecular weight is 252 g/mol. The van der Waals surface area contributed by atoms with E-state index < -0.39 is 0 Å². The molecule has 0 saturated carbocycles. The third-order valence-electron chi connectivity index (χ3n) is 3.10. The van der Waals surface area contributed by atoms with Crippen LogP contribution < -0.4 is 24.8 Å². The Morgan fingerprint density at radius 1 is 1.11 bits per heavy atom. The highest BCUT2D eigenvalue weighted by Gasteiger charge is 2.17. The molecule has 0 bridgehead atoms. The minimum atomic E-state index is 0.559. The maximum absolute atomic E-state index is 5.32. The molecule has 0 aliphatic carbocycles. The Morgan fingerprint density at radius 2 is 1.72 bits per heavy atom. The highest BCUT2D eigenvalue weighted by molar-refractivity contribution is 5.53. The molecular formula is C13H20N2O3. The van der Waals surface area contributed by atoms with Crippen molar-refractivity contribution in [2.45, 2.75) is 12.6 Å². The molecule has 0 unspecified atom stereocenters. The monoisotopic (exact) mass is 252 g/mol. The van der Waals surface area contributed by atoms with E-state index in [2.05, 4.69) is 10.6 Å². The summed E-state index contributed by atoms with van der Waals surface area (Å²) < 4.78 is 15.9.